The quantitative estimate of drug-likeness (QED) is 0.681. The standard InChI is InChI=1S/C21H24N6O/c1-13(14(2)16-5-7-23-17-6-8-28-21(16)17)10-25-20-9-18(26-12-27-20)15-3-4-19(22)24-11-15/h3-5,7,9,11-14H,6,8,10H2,1-2H3,(H2,22,24)(H,25,26,27)/t13-,14?/m1/s1. The molecule has 144 valence electrons. The molecule has 3 N–H and O–H groups in total. The second-order valence-electron chi connectivity index (χ2n) is 7.18. The molecule has 3 aromatic rings. The second-order valence-corrected chi connectivity index (χ2v) is 7.18. The summed E-state index contributed by atoms with van der Waals surface area (Å²) in [7, 11) is 0. The van der Waals surface area contributed by atoms with Crippen LogP contribution >= 0.6 is 0 Å². The first-order valence-electron chi connectivity index (χ1n) is 9.50. The number of nitrogens with one attached hydrogen (secondary N) is 1. The van der Waals surface area contributed by atoms with E-state index in [1.54, 1.807) is 18.6 Å². The summed E-state index contributed by atoms with van der Waals surface area (Å²) in [6.07, 6.45) is 6.06. The number of nitrogen functional groups attached to an aromatic ring is 1. The molecule has 0 saturated heterocycles. The van der Waals surface area contributed by atoms with Crippen molar-refractivity contribution in [2.45, 2.75) is 26.2 Å². The highest BCUT2D eigenvalue weighted by molar-refractivity contribution is 5.62. The van der Waals surface area contributed by atoms with Crippen LogP contribution in [0.1, 0.15) is 31.0 Å². The molecule has 1 unspecified atom stereocenters. The van der Waals surface area contributed by atoms with E-state index in [0.717, 1.165) is 48.1 Å². The Morgan fingerprint density at radius 3 is 2.86 bits per heavy atom. The molecule has 7 heteroatoms. The van der Waals surface area contributed by atoms with Crippen molar-refractivity contribution in [3.05, 3.63) is 54.2 Å². The van der Waals surface area contributed by atoms with E-state index in [0.29, 0.717) is 17.7 Å². The molecule has 2 atom stereocenters. The minimum atomic E-state index is 0.338. The molecule has 0 bridgehead atoms. The number of fused-ring (bicyclic) bond motifs is 1. The van der Waals surface area contributed by atoms with Crippen LogP contribution < -0.4 is 15.8 Å². The number of pyridine rings is 2. The lowest BCUT2D eigenvalue weighted by atomic mass is 9.88. The van der Waals surface area contributed by atoms with Crippen LogP contribution in [-0.4, -0.2) is 33.1 Å². The van der Waals surface area contributed by atoms with Gasteiger partial charge in [-0.15, -0.1) is 0 Å². The van der Waals surface area contributed by atoms with Gasteiger partial charge in [-0.2, -0.15) is 0 Å². The zero-order valence-corrected chi connectivity index (χ0v) is 16.1. The normalized spacial score (nSPS) is 14.8. The monoisotopic (exact) mass is 376 g/mol. The van der Waals surface area contributed by atoms with Gasteiger partial charge in [0.2, 0.25) is 0 Å². The molecule has 0 spiro atoms. The number of anilines is 2. The minimum absolute atomic E-state index is 0.338. The highest BCUT2D eigenvalue weighted by atomic mass is 16.5. The van der Waals surface area contributed by atoms with Gasteiger partial charge in [-0.05, 0) is 30.0 Å². The van der Waals surface area contributed by atoms with Crippen molar-refractivity contribution in [1.29, 1.82) is 0 Å². The zero-order chi connectivity index (χ0) is 19.5. The number of hydrogen-bond acceptors (Lipinski definition) is 7. The van der Waals surface area contributed by atoms with Crippen molar-refractivity contribution in [2.24, 2.45) is 5.92 Å². The van der Waals surface area contributed by atoms with Gasteiger partial charge >= 0.3 is 0 Å². The van der Waals surface area contributed by atoms with Gasteiger partial charge < -0.3 is 15.8 Å². The Balaban J connectivity index is 1.44. The molecule has 0 fully saturated rings. The summed E-state index contributed by atoms with van der Waals surface area (Å²) in [6, 6.07) is 7.67. The fourth-order valence-electron chi connectivity index (χ4n) is 3.38. The molecule has 0 radical (unpaired) electrons. The first-order valence-corrected chi connectivity index (χ1v) is 9.50. The molecule has 4 rings (SSSR count). The summed E-state index contributed by atoms with van der Waals surface area (Å²) < 4.78 is 5.82. The van der Waals surface area contributed by atoms with E-state index < -0.39 is 0 Å². The van der Waals surface area contributed by atoms with Crippen molar-refractivity contribution in [2.75, 3.05) is 24.2 Å². The van der Waals surface area contributed by atoms with Gasteiger partial charge in [-0.25, -0.2) is 15.0 Å². The molecule has 0 saturated carbocycles. The lowest BCUT2D eigenvalue weighted by molar-refractivity contribution is 0.347. The summed E-state index contributed by atoms with van der Waals surface area (Å²) in [5, 5.41) is 3.43. The van der Waals surface area contributed by atoms with Gasteiger partial charge in [0, 0.05) is 42.6 Å². The Hall–Kier alpha value is -3.22. The maximum absolute atomic E-state index is 5.82. The molecule has 28 heavy (non-hydrogen) atoms. The average molecular weight is 376 g/mol. The summed E-state index contributed by atoms with van der Waals surface area (Å²) >= 11 is 0. The van der Waals surface area contributed by atoms with E-state index in [-0.39, 0.29) is 0 Å². The maximum Gasteiger partial charge on any atom is 0.144 e. The lowest BCUT2D eigenvalue weighted by Gasteiger charge is -2.22. The Morgan fingerprint density at radius 2 is 2.04 bits per heavy atom. The van der Waals surface area contributed by atoms with Crippen LogP contribution in [-0.2, 0) is 6.42 Å². The van der Waals surface area contributed by atoms with Crippen LogP contribution in [0.4, 0.5) is 11.6 Å². The second kappa shape index (κ2) is 7.80. The van der Waals surface area contributed by atoms with Crippen LogP contribution in [0.25, 0.3) is 11.3 Å². The molecule has 0 aliphatic carbocycles. The van der Waals surface area contributed by atoms with E-state index in [1.165, 1.54) is 5.56 Å². The summed E-state index contributed by atoms with van der Waals surface area (Å²) in [5.41, 5.74) is 9.68. The molecule has 3 aromatic heterocycles. The fourth-order valence-corrected chi connectivity index (χ4v) is 3.38. The number of aromatic nitrogens is 4. The lowest BCUT2D eigenvalue weighted by Crippen LogP contribution is -2.18. The van der Waals surface area contributed by atoms with E-state index in [1.807, 2.05) is 18.3 Å². The number of hydrogen-bond donors (Lipinski definition) is 2. The largest absolute Gasteiger partial charge is 0.491 e. The van der Waals surface area contributed by atoms with Crippen LogP contribution in [0.15, 0.2) is 43.0 Å². The van der Waals surface area contributed by atoms with Crippen LogP contribution in [0, 0.1) is 5.92 Å². The third-order valence-electron chi connectivity index (χ3n) is 5.29. The first kappa shape index (κ1) is 18.2. The Labute approximate surface area is 164 Å². The van der Waals surface area contributed by atoms with Crippen molar-refractivity contribution in [3.8, 4) is 17.0 Å². The van der Waals surface area contributed by atoms with E-state index >= 15 is 0 Å². The van der Waals surface area contributed by atoms with Gasteiger partial charge in [0.1, 0.15) is 23.7 Å². The van der Waals surface area contributed by atoms with Gasteiger partial charge in [-0.1, -0.05) is 13.8 Å². The molecule has 1 aliphatic heterocycles. The van der Waals surface area contributed by atoms with Gasteiger partial charge in [0.05, 0.1) is 18.0 Å². The minimum Gasteiger partial charge on any atom is -0.491 e. The number of rotatable bonds is 6. The van der Waals surface area contributed by atoms with Crippen LogP contribution in [0.5, 0.6) is 5.75 Å². The average Bonchev–Trinajstić information content (AvgIpc) is 3.21. The summed E-state index contributed by atoms with van der Waals surface area (Å²) in [4.78, 5) is 17.2. The van der Waals surface area contributed by atoms with Gasteiger partial charge in [-0.3, -0.25) is 4.98 Å². The van der Waals surface area contributed by atoms with E-state index in [4.69, 9.17) is 10.5 Å². The molecule has 4 heterocycles. The molecular weight excluding hydrogens is 352 g/mol. The highest BCUT2D eigenvalue weighted by Gasteiger charge is 2.24. The number of nitrogens with zero attached hydrogens (tertiary/aromatic N) is 4. The maximum atomic E-state index is 5.82. The Morgan fingerprint density at radius 1 is 1.14 bits per heavy atom. The predicted octanol–water partition coefficient (Wildman–Crippen LogP) is 3.30. The third-order valence-corrected chi connectivity index (χ3v) is 5.29. The predicted molar refractivity (Wildman–Crippen MR) is 109 cm³/mol. The molecule has 0 aromatic carbocycles. The summed E-state index contributed by atoms with van der Waals surface area (Å²) in [5.74, 6) is 2.97. The van der Waals surface area contributed by atoms with Crippen molar-refractivity contribution < 1.29 is 4.74 Å². The van der Waals surface area contributed by atoms with Crippen LogP contribution in [0.2, 0.25) is 0 Å². The summed E-state index contributed by atoms with van der Waals surface area (Å²) in [6.45, 7) is 5.97. The fraction of sp³-hybridized carbons (Fsp3) is 0.333. The van der Waals surface area contributed by atoms with E-state index in [2.05, 4.69) is 45.2 Å². The highest BCUT2D eigenvalue weighted by Crippen LogP contribution is 2.36. The third kappa shape index (κ3) is 3.74. The molecule has 1 aliphatic rings. The van der Waals surface area contributed by atoms with Gasteiger partial charge in [0.15, 0.2) is 0 Å². The SMILES string of the molecule is CC(c1ccnc2c1OCC2)[C@H](C)CNc1cc(-c2ccc(N)nc2)ncn1. The topological polar surface area (TPSA) is 98.8 Å². The Kier molecular flexibility index (Phi) is 5.06. The molecular formula is C21H24N6O. The van der Waals surface area contributed by atoms with Gasteiger partial charge in [0.25, 0.3) is 0 Å². The smallest absolute Gasteiger partial charge is 0.144 e. The van der Waals surface area contributed by atoms with Crippen molar-refractivity contribution in [3.63, 3.8) is 0 Å². The van der Waals surface area contributed by atoms with E-state index in [9.17, 15) is 0 Å². The molecule has 0 amide bonds. The molecule has 7 nitrogen and oxygen atoms in total. The first-order chi connectivity index (χ1) is 13.6. The van der Waals surface area contributed by atoms with Crippen molar-refractivity contribution in [1.82, 2.24) is 19.9 Å². The number of ether oxygens (including phenoxy) is 1. The Bertz CT molecular complexity index is 959. The number of nitrogens with two attached hydrogens (primary N) is 1. The zero-order valence-electron chi connectivity index (χ0n) is 16.1. The van der Waals surface area contributed by atoms with Crippen molar-refractivity contribution >= 4 is 11.6 Å². The van der Waals surface area contributed by atoms with Crippen LogP contribution in [0.3, 0.4) is 0 Å².